The number of nitrogens with zero attached hydrogens (tertiary/aromatic N) is 1. The molecular weight excluding hydrogens is 252 g/mol. The number of thiocarbonyl (C=S) groups is 1. The van der Waals surface area contributed by atoms with Crippen LogP contribution in [0, 0.1) is 0 Å². The molecule has 2 rings (SSSR count). The predicted molar refractivity (Wildman–Crippen MR) is 86.5 cm³/mol. The average Bonchev–Trinajstić information content (AvgIpc) is 2.27. The molecule has 19 heavy (non-hydrogen) atoms. The Morgan fingerprint density at radius 1 is 1.05 bits per heavy atom. The fourth-order valence-electron chi connectivity index (χ4n) is 3.25. The maximum atomic E-state index is 5.67. The number of anilines is 1. The molecule has 1 aliphatic heterocycles. The number of hydrogen-bond acceptors (Lipinski definition) is 1. The summed E-state index contributed by atoms with van der Waals surface area (Å²) in [5.74, 6) is 0. The van der Waals surface area contributed by atoms with E-state index in [1.54, 1.807) is 0 Å². The van der Waals surface area contributed by atoms with Crippen molar-refractivity contribution >= 4 is 23.0 Å². The number of likely N-dealkylation sites (tertiary alicyclic amines) is 1. The second-order valence-electron chi connectivity index (χ2n) is 6.61. The van der Waals surface area contributed by atoms with E-state index in [2.05, 4.69) is 50.0 Å². The summed E-state index contributed by atoms with van der Waals surface area (Å²) in [5.41, 5.74) is 1.28. The highest BCUT2D eigenvalue weighted by Gasteiger charge is 2.42. The first-order valence-corrected chi connectivity index (χ1v) is 7.40. The van der Waals surface area contributed by atoms with Gasteiger partial charge >= 0.3 is 0 Å². The molecule has 0 aromatic heterocycles. The molecular formula is C16H24N2S. The minimum Gasteiger partial charge on any atom is -0.339 e. The van der Waals surface area contributed by atoms with Crippen molar-refractivity contribution in [2.75, 3.05) is 5.32 Å². The number of rotatable bonds is 1. The van der Waals surface area contributed by atoms with Gasteiger partial charge in [-0.3, -0.25) is 0 Å². The molecule has 0 radical (unpaired) electrons. The lowest BCUT2D eigenvalue weighted by atomic mass is 9.80. The Bertz CT molecular complexity index is 435. The largest absolute Gasteiger partial charge is 0.339 e. The molecule has 1 aromatic carbocycles. The van der Waals surface area contributed by atoms with E-state index in [1.165, 1.54) is 19.3 Å². The summed E-state index contributed by atoms with van der Waals surface area (Å²) in [4.78, 5) is 2.38. The Hall–Kier alpha value is -1.09. The van der Waals surface area contributed by atoms with Crippen LogP contribution in [-0.2, 0) is 0 Å². The van der Waals surface area contributed by atoms with Gasteiger partial charge in [-0.15, -0.1) is 0 Å². The molecule has 1 fully saturated rings. The smallest absolute Gasteiger partial charge is 0.174 e. The van der Waals surface area contributed by atoms with Crippen LogP contribution in [0.3, 0.4) is 0 Å². The van der Waals surface area contributed by atoms with Gasteiger partial charge in [0.1, 0.15) is 0 Å². The van der Waals surface area contributed by atoms with Crippen molar-refractivity contribution in [3.8, 4) is 0 Å². The maximum absolute atomic E-state index is 5.67. The zero-order chi connectivity index (χ0) is 14.1. The molecule has 1 aromatic rings. The third-order valence-corrected chi connectivity index (χ3v) is 4.30. The molecule has 0 unspecified atom stereocenters. The van der Waals surface area contributed by atoms with Gasteiger partial charge in [0.15, 0.2) is 5.11 Å². The minimum absolute atomic E-state index is 0.112. The average molecular weight is 276 g/mol. The topological polar surface area (TPSA) is 15.3 Å². The first-order chi connectivity index (χ1) is 8.83. The van der Waals surface area contributed by atoms with Gasteiger partial charge in [-0.25, -0.2) is 0 Å². The molecule has 2 nitrogen and oxygen atoms in total. The fourth-order valence-corrected chi connectivity index (χ4v) is 3.86. The van der Waals surface area contributed by atoms with Crippen molar-refractivity contribution in [2.24, 2.45) is 0 Å². The Kier molecular flexibility index (Phi) is 3.86. The molecule has 1 aliphatic rings. The van der Waals surface area contributed by atoms with Crippen LogP contribution in [0.1, 0.15) is 47.0 Å². The van der Waals surface area contributed by atoms with Crippen LogP contribution in [0.2, 0.25) is 0 Å². The van der Waals surface area contributed by atoms with Crippen molar-refractivity contribution in [1.82, 2.24) is 4.90 Å². The van der Waals surface area contributed by atoms with E-state index in [0.29, 0.717) is 0 Å². The molecule has 0 aliphatic carbocycles. The summed E-state index contributed by atoms with van der Waals surface area (Å²) >= 11 is 5.67. The first kappa shape index (κ1) is 14.3. The zero-order valence-electron chi connectivity index (χ0n) is 12.4. The van der Waals surface area contributed by atoms with Crippen LogP contribution in [0.4, 0.5) is 5.69 Å². The molecule has 3 heteroatoms. The van der Waals surface area contributed by atoms with Gasteiger partial charge in [-0.1, -0.05) is 18.2 Å². The van der Waals surface area contributed by atoms with E-state index in [1.807, 2.05) is 18.2 Å². The quantitative estimate of drug-likeness (QED) is 0.764. The highest BCUT2D eigenvalue weighted by molar-refractivity contribution is 7.80. The summed E-state index contributed by atoms with van der Waals surface area (Å²) in [6.07, 6.45) is 3.64. The highest BCUT2D eigenvalue weighted by Crippen LogP contribution is 2.38. The second kappa shape index (κ2) is 5.12. The monoisotopic (exact) mass is 276 g/mol. The zero-order valence-corrected chi connectivity index (χ0v) is 13.2. The highest BCUT2D eigenvalue weighted by atomic mass is 32.1. The first-order valence-electron chi connectivity index (χ1n) is 6.99. The van der Waals surface area contributed by atoms with Crippen molar-refractivity contribution in [3.05, 3.63) is 30.3 Å². The fraction of sp³-hybridized carbons (Fsp3) is 0.562. The van der Waals surface area contributed by atoms with E-state index in [-0.39, 0.29) is 11.1 Å². The van der Waals surface area contributed by atoms with E-state index in [4.69, 9.17) is 12.2 Å². The molecule has 1 heterocycles. The van der Waals surface area contributed by atoms with Crippen LogP contribution in [0.5, 0.6) is 0 Å². The Labute approximate surface area is 122 Å². The van der Waals surface area contributed by atoms with Crippen LogP contribution >= 0.6 is 12.2 Å². The third-order valence-electron chi connectivity index (χ3n) is 4.02. The lowest BCUT2D eigenvalue weighted by Crippen LogP contribution is -2.61. The van der Waals surface area contributed by atoms with Gasteiger partial charge in [0.2, 0.25) is 0 Å². The van der Waals surface area contributed by atoms with Gasteiger partial charge < -0.3 is 10.2 Å². The molecule has 104 valence electrons. The molecule has 0 bridgehead atoms. The van der Waals surface area contributed by atoms with E-state index >= 15 is 0 Å². The van der Waals surface area contributed by atoms with Gasteiger partial charge in [0.25, 0.3) is 0 Å². The van der Waals surface area contributed by atoms with E-state index in [0.717, 1.165) is 10.8 Å². The summed E-state index contributed by atoms with van der Waals surface area (Å²) in [6, 6.07) is 10.2. The van der Waals surface area contributed by atoms with Crippen LogP contribution in [0.25, 0.3) is 0 Å². The molecule has 0 saturated carbocycles. The van der Waals surface area contributed by atoms with Gasteiger partial charge in [0, 0.05) is 16.8 Å². The van der Waals surface area contributed by atoms with Gasteiger partial charge in [0.05, 0.1) is 0 Å². The summed E-state index contributed by atoms with van der Waals surface area (Å²) < 4.78 is 0. The van der Waals surface area contributed by atoms with Gasteiger partial charge in [-0.2, -0.15) is 0 Å². The van der Waals surface area contributed by atoms with Crippen LogP contribution in [-0.4, -0.2) is 21.1 Å². The minimum atomic E-state index is 0.112. The number of hydrogen-bond donors (Lipinski definition) is 1. The van der Waals surface area contributed by atoms with Gasteiger partial charge in [-0.05, 0) is 71.3 Å². The SMILES string of the molecule is CC1(C)CCCC(C)(C)N1C(=S)Nc1ccccc1. The lowest BCUT2D eigenvalue weighted by Gasteiger charge is -2.54. The van der Waals surface area contributed by atoms with E-state index in [9.17, 15) is 0 Å². The summed E-state index contributed by atoms with van der Waals surface area (Å²) in [5, 5.41) is 4.21. The summed E-state index contributed by atoms with van der Waals surface area (Å²) in [7, 11) is 0. The van der Waals surface area contributed by atoms with Crippen molar-refractivity contribution < 1.29 is 0 Å². The lowest BCUT2D eigenvalue weighted by molar-refractivity contribution is 0.0440. The molecule has 1 N–H and O–H groups in total. The molecule has 1 saturated heterocycles. The third kappa shape index (κ3) is 3.08. The Morgan fingerprint density at radius 2 is 1.58 bits per heavy atom. The standard InChI is InChI=1S/C16H24N2S/c1-15(2)11-8-12-16(3,4)18(15)14(19)17-13-9-6-5-7-10-13/h5-7,9-10H,8,11-12H2,1-4H3,(H,17,19). The molecule has 0 atom stereocenters. The maximum Gasteiger partial charge on any atom is 0.174 e. The number of piperidine rings is 1. The van der Waals surface area contributed by atoms with Crippen molar-refractivity contribution in [3.63, 3.8) is 0 Å². The Morgan fingerprint density at radius 3 is 2.11 bits per heavy atom. The normalized spacial score (nSPS) is 20.9. The van der Waals surface area contributed by atoms with Crippen molar-refractivity contribution in [1.29, 1.82) is 0 Å². The van der Waals surface area contributed by atoms with Crippen LogP contribution < -0.4 is 5.32 Å². The number of para-hydroxylation sites is 1. The van der Waals surface area contributed by atoms with Crippen molar-refractivity contribution in [2.45, 2.75) is 58.0 Å². The number of nitrogens with one attached hydrogen (secondary N) is 1. The predicted octanol–water partition coefficient (Wildman–Crippen LogP) is 4.43. The summed E-state index contributed by atoms with van der Waals surface area (Å²) in [6.45, 7) is 9.14. The van der Waals surface area contributed by atoms with E-state index < -0.39 is 0 Å². The Balaban J connectivity index is 2.20. The van der Waals surface area contributed by atoms with Crippen LogP contribution in [0.15, 0.2) is 30.3 Å². The number of benzene rings is 1. The molecule has 0 spiro atoms. The second-order valence-corrected chi connectivity index (χ2v) is 7.00. The molecule has 0 amide bonds.